The van der Waals surface area contributed by atoms with Gasteiger partial charge in [0.05, 0.1) is 12.1 Å². The van der Waals surface area contributed by atoms with E-state index in [9.17, 15) is 28.3 Å². The first-order chi connectivity index (χ1) is 14.7. The van der Waals surface area contributed by atoms with Crippen molar-refractivity contribution in [2.45, 2.75) is 51.2 Å². The largest absolute Gasteiger partial charge is 0.503 e. The van der Waals surface area contributed by atoms with E-state index in [1.807, 2.05) is 0 Å². The Morgan fingerprint density at radius 3 is 2.42 bits per heavy atom. The molecule has 2 N–H and O–H groups in total. The van der Waals surface area contributed by atoms with Gasteiger partial charge in [0.2, 0.25) is 5.43 Å². The summed E-state index contributed by atoms with van der Waals surface area (Å²) in [5.41, 5.74) is -1.44. The molecule has 9 heteroatoms. The number of nitrogens with one attached hydrogen (secondary N) is 1. The summed E-state index contributed by atoms with van der Waals surface area (Å²) in [5.74, 6) is -3.76. The normalized spacial score (nSPS) is 20.3. The van der Waals surface area contributed by atoms with Gasteiger partial charge >= 0.3 is 0 Å². The average molecular weight is 431 g/mol. The fraction of sp³-hybridized carbons (Fsp3) is 0.409. The minimum atomic E-state index is -0.996. The molecular formula is C22H23F2N3O4. The first kappa shape index (κ1) is 21.0. The van der Waals surface area contributed by atoms with Gasteiger partial charge in [-0.05, 0) is 37.5 Å². The average Bonchev–Trinajstić information content (AvgIpc) is 2.73. The Morgan fingerprint density at radius 2 is 1.77 bits per heavy atom. The Bertz CT molecular complexity index is 1120. The van der Waals surface area contributed by atoms with Gasteiger partial charge in [0, 0.05) is 25.4 Å². The maximum atomic E-state index is 14.1. The molecule has 0 saturated heterocycles. The minimum absolute atomic E-state index is 0.0951. The monoisotopic (exact) mass is 431 g/mol. The molecule has 31 heavy (non-hydrogen) atoms. The maximum Gasteiger partial charge on any atom is 0.274 e. The van der Waals surface area contributed by atoms with Gasteiger partial charge < -0.3 is 19.9 Å². The lowest BCUT2D eigenvalue weighted by Gasteiger charge is -2.44. The van der Waals surface area contributed by atoms with Crippen LogP contribution in [0.3, 0.4) is 0 Å². The molecule has 2 atom stereocenters. The second-order valence-corrected chi connectivity index (χ2v) is 8.20. The molecule has 1 aliphatic carbocycles. The number of hydrogen-bond donors (Lipinski definition) is 2. The summed E-state index contributed by atoms with van der Waals surface area (Å²) in [6, 6.07) is 2.03. The third-order valence-corrected chi connectivity index (χ3v) is 6.24. The van der Waals surface area contributed by atoms with E-state index in [0.29, 0.717) is 5.56 Å². The summed E-state index contributed by atoms with van der Waals surface area (Å²) in [7, 11) is 1.64. The van der Waals surface area contributed by atoms with E-state index in [1.54, 1.807) is 18.9 Å². The second-order valence-electron chi connectivity index (χ2n) is 8.20. The molecule has 164 valence electrons. The first-order valence-electron chi connectivity index (χ1n) is 10.2. The first-order valence-corrected chi connectivity index (χ1v) is 10.2. The van der Waals surface area contributed by atoms with Crippen molar-refractivity contribution in [1.82, 2.24) is 14.8 Å². The Kier molecular flexibility index (Phi) is 5.28. The summed E-state index contributed by atoms with van der Waals surface area (Å²) >= 11 is 0. The van der Waals surface area contributed by atoms with Crippen LogP contribution in [0.1, 0.15) is 63.7 Å². The number of aromatic nitrogens is 1. The van der Waals surface area contributed by atoms with Gasteiger partial charge in [0.25, 0.3) is 11.8 Å². The highest BCUT2D eigenvalue weighted by molar-refractivity contribution is 5.99. The van der Waals surface area contributed by atoms with Crippen LogP contribution >= 0.6 is 0 Å². The number of benzene rings is 1. The van der Waals surface area contributed by atoms with E-state index in [2.05, 4.69) is 5.32 Å². The molecule has 2 aromatic rings. The SMILES string of the molecule is Cc1cc(F)c(CNC(=O)c2cn3c(c(O)c2=O)C(=O)N(C)[C@H]2CCCC[C@H]23)c(F)c1. The summed E-state index contributed by atoms with van der Waals surface area (Å²) in [5, 5.41) is 12.8. The molecule has 1 fully saturated rings. The van der Waals surface area contributed by atoms with Crippen molar-refractivity contribution in [1.29, 1.82) is 0 Å². The van der Waals surface area contributed by atoms with E-state index in [0.717, 1.165) is 37.8 Å². The van der Waals surface area contributed by atoms with Gasteiger partial charge in [-0.2, -0.15) is 0 Å². The highest BCUT2D eigenvalue weighted by atomic mass is 19.1. The molecular weight excluding hydrogens is 408 g/mol. The lowest BCUT2D eigenvalue weighted by molar-refractivity contribution is 0.0507. The lowest BCUT2D eigenvalue weighted by atomic mass is 9.86. The number of amides is 2. The number of pyridine rings is 1. The van der Waals surface area contributed by atoms with Crippen LogP contribution in [0.2, 0.25) is 0 Å². The van der Waals surface area contributed by atoms with Gasteiger partial charge in [0.15, 0.2) is 11.4 Å². The van der Waals surface area contributed by atoms with Gasteiger partial charge in [-0.1, -0.05) is 12.8 Å². The fourth-order valence-corrected chi connectivity index (χ4v) is 4.60. The van der Waals surface area contributed by atoms with E-state index >= 15 is 0 Å². The minimum Gasteiger partial charge on any atom is -0.503 e. The van der Waals surface area contributed by atoms with Crippen molar-refractivity contribution in [2.75, 3.05) is 7.05 Å². The van der Waals surface area contributed by atoms with E-state index < -0.39 is 41.2 Å². The van der Waals surface area contributed by atoms with Crippen LogP contribution in [0, 0.1) is 18.6 Å². The highest BCUT2D eigenvalue weighted by Gasteiger charge is 2.41. The number of likely N-dealkylation sites (N-methyl/N-ethyl adjacent to an activating group) is 1. The van der Waals surface area contributed by atoms with Gasteiger partial charge in [-0.25, -0.2) is 8.78 Å². The third-order valence-electron chi connectivity index (χ3n) is 6.24. The van der Waals surface area contributed by atoms with Crippen molar-refractivity contribution in [3.63, 3.8) is 0 Å². The number of hydrogen-bond acceptors (Lipinski definition) is 4. The lowest BCUT2D eigenvalue weighted by Crippen LogP contribution is -2.51. The number of aryl methyl sites for hydroxylation is 1. The zero-order valence-corrected chi connectivity index (χ0v) is 17.2. The smallest absolute Gasteiger partial charge is 0.274 e. The molecule has 0 bridgehead atoms. The van der Waals surface area contributed by atoms with Crippen molar-refractivity contribution in [2.24, 2.45) is 0 Å². The molecule has 1 saturated carbocycles. The predicted octanol–water partition coefficient (Wildman–Crippen LogP) is 2.64. The standard InChI is InChI=1S/C22H23F2N3O4/c1-11-7-14(23)12(15(24)8-11)9-25-21(30)13-10-27-17-6-4-3-5-16(17)26(2)22(31)18(27)20(29)19(13)28/h7-8,10,16-17,29H,3-6,9H2,1-2H3,(H,25,30)/t16-,17+/m0/s1. The van der Waals surface area contributed by atoms with Gasteiger partial charge in [-0.15, -0.1) is 0 Å². The molecule has 0 radical (unpaired) electrons. The molecule has 2 heterocycles. The van der Waals surface area contributed by atoms with Crippen molar-refractivity contribution in [3.05, 3.63) is 62.6 Å². The third kappa shape index (κ3) is 3.47. The molecule has 1 aromatic heterocycles. The van der Waals surface area contributed by atoms with Crippen molar-refractivity contribution >= 4 is 11.8 Å². The van der Waals surface area contributed by atoms with Gasteiger partial charge in [0.1, 0.15) is 17.2 Å². The quantitative estimate of drug-likeness (QED) is 0.782. The predicted molar refractivity (Wildman–Crippen MR) is 108 cm³/mol. The Hall–Kier alpha value is -3.23. The number of aromatic hydroxyl groups is 1. The van der Waals surface area contributed by atoms with Gasteiger partial charge in [-0.3, -0.25) is 14.4 Å². The zero-order valence-electron chi connectivity index (χ0n) is 17.2. The fourth-order valence-electron chi connectivity index (χ4n) is 4.60. The molecule has 2 aliphatic rings. The van der Waals surface area contributed by atoms with Crippen LogP contribution in [0.25, 0.3) is 0 Å². The summed E-state index contributed by atoms with van der Waals surface area (Å²) < 4.78 is 29.6. The van der Waals surface area contributed by atoms with Crippen LogP contribution in [0.15, 0.2) is 23.1 Å². The van der Waals surface area contributed by atoms with Crippen LogP contribution in [0.4, 0.5) is 8.78 Å². The highest BCUT2D eigenvalue weighted by Crippen LogP contribution is 2.38. The topological polar surface area (TPSA) is 91.6 Å². The van der Waals surface area contributed by atoms with E-state index in [4.69, 9.17) is 0 Å². The molecule has 0 spiro atoms. The van der Waals surface area contributed by atoms with E-state index in [1.165, 1.54) is 10.8 Å². The van der Waals surface area contributed by atoms with Crippen molar-refractivity contribution in [3.8, 4) is 5.75 Å². The molecule has 7 nitrogen and oxygen atoms in total. The number of rotatable bonds is 3. The van der Waals surface area contributed by atoms with E-state index in [-0.39, 0.29) is 28.9 Å². The second kappa shape index (κ2) is 7.79. The molecule has 0 unspecified atom stereocenters. The summed E-state index contributed by atoms with van der Waals surface area (Å²) in [6.07, 6.45) is 4.68. The van der Waals surface area contributed by atoms with Crippen LogP contribution in [-0.2, 0) is 6.54 Å². The molecule has 2 amide bonds. The Morgan fingerprint density at radius 1 is 1.16 bits per heavy atom. The number of carbonyl (C=O) groups is 2. The number of carbonyl (C=O) groups excluding carboxylic acids is 2. The zero-order chi connectivity index (χ0) is 22.4. The molecule has 1 aliphatic heterocycles. The number of nitrogens with zero attached hydrogens (tertiary/aromatic N) is 2. The van der Waals surface area contributed by atoms with Crippen LogP contribution < -0.4 is 10.7 Å². The molecule has 4 rings (SSSR count). The Labute approximate surface area is 177 Å². The maximum absolute atomic E-state index is 14.1. The summed E-state index contributed by atoms with van der Waals surface area (Å²) in [4.78, 5) is 39.6. The van der Waals surface area contributed by atoms with Crippen LogP contribution in [0.5, 0.6) is 5.75 Å². The van der Waals surface area contributed by atoms with Crippen LogP contribution in [-0.4, -0.2) is 39.5 Å². The summed E-state index contributed by atoms with van der Waals surface area (Å²) in [6.45, 7) is 1.08. The Balaban J connectivity index is 1.69. The molecule has 1 aromatic carbocycles. The van der Waals surface area contributed by atoms with Crippen molar-refractivity contribution < 1.29 is 23.5 Å². The number of fused-ring (bicyclic) bond motifs is 3. The number of halogens is 2.